The van der Waals surface area contributed by atoms with E-state index in [1.165, 1.54) is 13.2 Å². The number of halogens is 2. The number of para-hydroxylation sites is 1. The summed E-state index contributed by atoms with van der Waals surface area (Å²) in [5, 5.41) is 0.539. The van der Waals surface area contributed by atoms with Gasteiger partial charge in [0.15, 0.2) is 17.3 Å². The summed E-state index contributed by atoms with van der Waals surface area (Å²) >= 11 is 6.08. The van der Waals surface area contributed by atoms with Gasteiger partial charge < -0.3 is 33.2 Å². The van der Waals surface area contributed by atoms with Crippen LogP contribution in [0.15, 0.2) is 48.7 Å². The lowest BCUT2D eigenvalue weighted by Gasteiger charge is -2.44. The van der Waals surface area contributed by atoms with Gasteiger partial charge in [0.2, 0.25) is 0 Å². The average Bonchev–Trinajstić information content (AvgIpc) is 3.88. The van der Waals surface area contributed by atoms with E-state index in [1.807, 2.05) is 29.7 Å². The van der Waals surface area contributed by atoms with E-state index >= 15 is 4.39 Å². The average molecular weight is 664 g/mol. The van der Waals surface area contributed by atoms with Crippen molar-refractivity contribution in [2.24, 2.45) is 0 Å². The first-order chi connectivity index (χ1) is 22.8. The number of anilines is 1. The van der Waals surface area contributed by atoms with Crippen LogP contribution in [0.4, 0.5) is 10.1 Å². The summed E-state index contributed by atoms with van der Waals surface area (Å²) < 4.78 is 47.2. The Kier molecular flexibility index (Phi) is 7.71. The Labute approximate surface area is 276 Å². The number of hydrogen-bond donors (Lipinski definition) is 0. The number of imidazole rings is 1. The lowest BCUT2D eigenvalue weighted by molar-refractivity contribution is -0.0716. The standard InChI is InChI=1S/C34H35ClFN5O6/c1-34(29-9-8-21(35)15-37-29)46-28-7-3-6-24(32(28)47-34)40-11-10-39(26-18-44-19-27(26)40)17-30-38-31-23(36)13-20(33(42)43-2)14-25(31)41(30)16-22-5-4-12-45-22/h3,6-9,13-15,22,26-27H,4-5,10-12,16-19H2,1-2H3/t22-,26-,27+,34?/m0/s1. The molecule has 4 aromatic rings. The van der Waals surface area contributed by atoms with Crippen LogP contribution in [0.5, 0.6) is 11.5 Å². The first kappa shape index (κ1) is 30.4. The number of methoxy groups -OCH3 is 1. The maximum absolute atomic E-state index is 15.4. The van der Waals surface area contributed by atoms with E-state index < -0.39 is 17.6 Å². The van der Waals surface area contributed by atoms with Crippen LogP contribution >= 0.6 is 11.6 Å². The zero-order valence-corrected chi connectivity index (χ0v) is 26.9. The van der Waals surface area contributed by atoms with Gasteiger partial charge in [0.05, 0.1) is 73.4 Å². The number of benzene rings is 2. The van der Waals surface area contributed by atoms with Crippen LogP contribution in [0.3, 0.4) is 0 Å². The van der Waals surface area contributed by atoms with Gasteiger partial charge in [0, 0.05) is 32.8 Å². The molecule has 2 aromatic carbocycles. The normalized spacial score (nSPS) is 25.4. The molecule has 4 aliphatic heterocycles. The number of rotatable bonds is 7. The fourth-order valence-corrected chi connectivity index (χ4v) is 7.40. The molecule has 6 heterocycles. The van der Waals surface area contributed by atoms with Gasteiger partial charge in [-0.3, -0.25) is 9.88 Å². The van der Waals surface area contributed by atoms with E-state index in [0.29, 0.717) is 73.7 Å². The third kappa shape index (κ3) is 5.37. The maximum Gasteiger partial charge on any atom is 0.338 e. The molecule has 0 N–H and O–H groups in total. The molecule has 246 valence electrons. The Balaban J connectivity index is 1.08. The quantitative estimate of drug-likeness (QED) is 0.253. The number of nitrogens with zero attached hydrogens (tertiary/aromatic N) is 5. The lowest BCUT2D eigenvalue weighted by Crippen LogP contribution is -2.59. The van der Waals surface area contributed by atoms with Crippen molar-refractivity contribution in [3.63, 3.8) is 0 Å². The summed E-state index contributed by atoms with van der Waals surface area (Å²) in [5.74, 6) is -0.202. The zero-order chi connectivity index (χ0) is 32.3. The SMILES string of the molecule is COC(=O)c1cc(F)c2nc(CN3CCN(c4cccc5c4OC(C)(c4ccc(Cl)cn4)O5)[C@@H]4COC[C@@H]43)n(C[C@@H]3CCCO3)c2c1. The fourth-order valence-electron chi connectivity index (χ4n) is 7.29. The number of carbonyl (C=O) groups is 1. The van der Waals surface area contributed by atoms with Gasteiger partial charge in [-0.15, -0.1) is 0 Å². The van der Waals surface area contributed by atoms with Crippen LogP contribution in [0.2, 0.25) is 5.02 Å². The molecule has 3 fully saturated rings. The number of pyridine rings is 1. The maximum atomic E-state index is 15.4. The monoisotopic (exact) mass is 663 g/mol. The number of piperazine rings is 1. The van der Waals surface area contributed by atoms with Gasteiger partial charge >= 0.3 is 5.97 Å². The summed E-state index contributed by atoms with van der Waals surface area (Å²) in [5.41, 5.74) is 2.50. The molecule has 0 spiro atoms. The van der Waals surface area contributed by atoms with E-state index in [0.717, 1.165) is 24.4 Å². The lowest BCUT2D eigenvalue weighted by atomic mass is 10.0. The molecule has 2 aromatic heterocycles. The van der Waals surface area contributed by atoms with Crippen molar-refractivity contribution in [2.75, 3.05) is 44.9 Å². The van der Waals surface area contributed by atoms with Gasteiger partial charge in [-0.1, -0.05) is 17.7 Å². The summed E-state index contributed by atoms with van der Waals surface area (Å²) in [6.45, 7) is 6.07. The second-order valence-corrected chi connectivity index (χ2v) is 13.0. The molecule has 13 heteroatoms. The van der Waals surface area contributed by atoms with E-state index in [-0.39, 0.29) is 29.3 Å². The van der Waals surface area contributed by atoms with Crippen LogP contribution in [-0.2, 0) is 33.1 Å². The number of ether oxygens (including phenoxy) is 5. The highest BCUT2D eigenvalue weighted by Gasteiger charge is 2.46. The highest BCUT2D eigenvalue weighted by atomic mass is 35.5. The smallest absolute Gasteiger partial charge is 0.338 e. The molecule has 47 heavy (non-hydrogen) atoms. The van der Waals surface area contributed by atoms with E-state index in [4.69, 9.17) is 40.3 Å². The van der Waals surface area contributed by atoms with Crippen LogP contribution in [0.1, 0.15) is 41.6 Å². The molecule has 0 amide bonds. The highest BCUT2D eigenvalue weighted by molar-refractivity contribution is 6.30. The van der Waals surface area contributed by atoms with Crippen molar-refractivity contribution in [2.45, 2.75) is 56.8 Å². The number of fused-ring (bicyclic) bond motifs is 3. The Bertz CT molecular complexity index is 1830. The topological polar surface area (TPSA) is 100 Å². The minimum Gasteiger partial charge on any atom is -0.465 e. The summed E-state index contributed by atoms with van der Waals surface area (Å²) in [6.07, 6.45) is 3.46. The van der Waals surface area contributed by atoms with Crippen molar-refractivity contribution in [3.8, 4) is 11.5 Å². The van der Waals surface area contributed by atoms with Gasteiger partial charge in [-0.2, -0.15) is 0 Å². The molecule has 1 unspecified atom stereocenters. The van der Waals surface area contributed by atoms with E-state index in [1.54, 1.807) is 18.3 Å². The predicted octanol–water partition coefficient (Wildman–Crippen LogP) is 4.92. The Hall–Kier alpha value is -3.97. The summed E-state index contributed by atoms with van der Waals surface area (Å²) in [6, 6.07) is 12.5. The molecule has 0 aliphatic carbocycles. The van der Waals surface area contributed by atoms with Crippen molar-refractivity contribution in [3.05, 3.63) is 76.6 Å². The van der Waals surface area contributed by atoms with Crippen molar-refractivity contribution in [1.29, 1.82) is 0 Å². The van der Waals surface area contributed by atoms with Crippen molar-refractivity contribution >= 4 is 34.3 Å². The number of esters is 1. The van der Waals surface area contributed by atoms with Crippen LogP contribution < -0.4 is 14.4 Å². The van der Waals surface area contributed by atoms with Gasteiger partial charge in [-0.05, 0) is 49.2 Å². The molecule has 4 atom stereocenters. The Morgan fingerprint density at radius 3 is 2.81 bits per heavy atom. The Morgan fingerprint density at radius 1 is 1.15 bits per heavy atom. The largest absolute Gasteiger partial charge is 0.465 e. The number of aromatic nitrogens is 3. The Morgan fingerprint density at radius 2 is 2.02 bits per heavy atom. The number of carbonyl (C=O) groups excluding carboxylic acids is 1. The third-order valence-corrected chi connectivity index (χ3v) is 9.87. The molecular formula is C34H35ClFN5O6. The first-order valence-corrected chi connectivity index (χ1v) is 16.3. The van der Waals surface area contributed by atoms with E-state index in [9.17, 15) is 4.79 Å². The molecule has 0 radical (unpaired) electrons. The van der Waals surface area contributed by atoms with Gasteiger partial charge in [-0.25, -0.2) is 14.2 Å². The second-order valence-electron chi connectivity index (χ2n) is 12.5. The zero-order valence-electron chi connectivity index (χ0n) is 26.2. The van der Waals surface area contributed by atoms with Gasteiger partial charge in [0.1, 0.15) is 17.0 Å². The summed E-state index contributed by atoms with van der Waals surface area (Å²) in [7, 11) is 1.29. The highest BCUT2D eigenvalue weighted by Crippen LogP contribution is 2.50. The van der Waals surface area contributed by atoms with Crippen molar-refractivity contribution in [1.82, 2.24) is 19.4 Å². The third-order valence-electron chi connectivity index (χ3n) is 9.64. The molecule has 0 bridgehead atoms. The minimum atomic E-state index is -1.10. The van der Waals surface area contributed by atoms with Crippen LogP contribution in [0.25, 0.3) is 11.0 Å². The molecule has 11 nitrogen and oxygen atoms in total. The summed E-state index contributed by atoms with van der Waals surface area (Å²) in [4.78, 5) is 26.3. The molecule has 0 saturated carbocycles. The van der Waals surface area contributed by atoms with Crippen LogP contribution in [-0.4, -0.2) is 83.6 Å². The molecule has 4 aliphatic rings. The number of hydrogen-bond acceptors (Lipinski definition) is 10. The van der Waals surface area contributed by atoms with Crippen molar-refractivity contribution < 1.29 is 32.9 Å². The first-order valence-electron chi connectivity index (χ1n) is 15.9. The predicted molar refractivity (Wildman–Crippen MR) is 170 cm³/mol. The minimum absolute atomic E-state index is 0.00782. The van der Waals surface area contributed by atoms with E-state index in [2.05, 4.69) is 20.9 Å². The van der Waals surface area contributed by atoms with Crippen LogP contribution in [0, 0.1) is 5.82 Å². The van der Waals surface area contributed by atoms with Gasteiger partial charge in [0.25, 0.3) is 5.79 Å². The molecular weight excluding hydrogens is 629 g/mol. The fraction of sp³-hybridized carbons (Fsp3) is 0.441. The second kappa shape index (κ2) is 11.9. The molecule has 3 saturated heterocycles. The molecule has 8 rings (SSSR count).